The quantitative estimate of drug-likeness (QED) is 0.633. The van der Waals surface area contributed by atoms with Gasteiger partial charge in [-0.1, -0.05) is 20.8 Å². The second-order valence-electron chi connectivity index (χ2n) is 7.47. The number of nitrogens with one attached hydrogen (secondary N) is 1. The largest absolute Gasteiger partial charge is 0.271 e. The maximum Gasteiger partial charge on any atom is 0.0410 e. The Labute approximate surface area is 137 Å². The fraction of sp³-hybridized carbons (Fsp3) is 0.706. The molecule has 4 heteroatoms. The van der Waals surface area contributed by atoms with Gasteiger partial charge in [-0.3, -0.25) is 16.3 Å². The van der Waals surface area contributed by atoms with Crippen molar-refractivity contribution in [3.8, 4) is 0 Å². The number of rotatable bonds is 4. The standard InChI is InChI=1S/C17H28BrN3/c1-17(2,3)14-6-4-13(5-7-14)16(21-19)9-12-8-15(18)11-20-10-12/h8,10-11,13-14,16,21H,4-7,9,19H2,1-3H3. The van der Waals surface area contributed by atoms with Gasteiger partial charge in [0.05, 0.1) is 0 Å². The molecule has 2 rings (SSSR count). The predicted molar refractivity (Wildman–Crippen MR) is 91.7 cm³/mol. The number of hydrogen-bond donors (Lipinski definition) is 2. The molecular formula is C17H28BrN3. The van der Waals surface area contributed by atoms with Crippen molar-refractivity contribution in [1.82, 2.24) is 10.4 Å². The summed E-state index contributed by atoms with van der Waals surface area (Å²) in [5, 5.41) is 0. The minimum Gasteiger partial charge on any atom is -0.271 e. The number of nitrogens with zero attached hydrogens (tertiary/aromatic N) is 1. The Bertz CT molecular complexity index is 448. The van der Waals surface area contributed by atoms with Gasteiger partial charge >= 0.3 is 0 Å². The lowest BCUT2D eigenvalue weighted by molar-refractivity contribution is 0.132. The van der Waals surface area contributed by atoms with E-state index in [1.807, 2.05) is 12.4 Å². The molecule has 0 bridgehead atoms. The average Bonchev–Trinajstić information content (AvgIpc) is 2.44. The Morgan fingerprint density at radius 1 is 1.29 bits per heavy atom. The Morgan fingerprint density at radius 3 is 2.48 bits per heavy atom. The predicted octanol–water partition coefficient (Wildman–Crippen LogP) is 4.07. The topological polar surface area (TPSA) is 50.9 Å². The molecule has 0 radical (unpaired) electrons. The van der Waals surface area contributed by atoms with Gasteiger partial charge in [0.15, 0.2) is 0 Å². The van der Waals surface area contributed by atoms with Crippen LogP contribution < -0.4 is 11.3 Å². The van der Waals surface area contributed by atoms with E-state index in [1.54, 1.807) is 0 Å². The van der Waals surface area contributed by atoms with Crippen LogP contribution >= 0.6 is 15.9 Å². The molecule has 118 valence electrons. The first kappa shape index (κ1) is 16.9. The van der Waals surface area contributed by atoms with E-state index in [2.05, 4.69) is 53.2 Å². The van der Waals surface area contributed by atoms with Crippen LogP contribution in [0.5, 0.6) is 0 Å². The molecule has 1 heterocycles. The van der Waals surface area contributed by atoms with Crippen molar-refractivity contribution in [3.63, 3.8) is 0 Å². The second kappa shape index (κ2) is 7.21. The summed E-state index contributed by atoms with van der Waals surface area (Å²) in [6.45, 7) is 7.09. The summed E-state index contributed by atoms with van der Waals surface area (Å²) >= 11 is 3.49. The highest BCUT2D eigenvalue weighted by molar-refractivity contribution is 9.10. The molecule has 21 heavy (non-hydrogen) atoms. The third kappa shape index (κ3) is 4.76. The van der Waals surface area contributed by atoms with Crippen LogP contribution in [0.1, 0.15) is 52.0 Å². The first-order chi connectivity index (χ1) is 9.90. The van der Waals surface area contributed by atoms with Gasteiger partial charge in [-0.15, -0.1) is 0 Å². The van der Waals surface area contributed by atoms with Crippen LogP contribution in [-0.4, -0.2) is 11.0 Å². The van der Waals surface area contributed by atoms with Crippen LogP contribution in [0.4, 0.5) is 0 Å². The van der Waals surface area contributed by atoms with Crippen molar-refractivity contribution in [2.75, 3.05) is 0 Å². The van der Waals surface area contributed by atoms with Gasteiger partial charge in [0.1, 0.15) is 0 Å². The Hall–Kier alpha value is -0.450. The fourth-order valence-electron chi connectivity index (χ4n) is 3.57. The molecule has 1 aromatic heterocycles. The molecule has 3 N–H and O–H groups in total. The molecular weight excluding hydrogens is 326 g/mol. The lowest BCUT2D eigenvalue weighted by Crippen LogP contribution is -2.44. The molecule has 0 aromatic carbocycles. The zero-order chi connectivity index (χ0) is 15.5. The van der Waals surface area contributed by atoms with Gasteiger partial charge in [0, 0.05) is 22.9 Å². The molecule has 1 aliphatic carbocycles. The number of pyridine rings is 1. The van der Waals surface area contributed by atoms with Crippen molar-refractivity contribution in [3.05, 3.63) is 28.5 Å². The summed E-state index contributed by atoms with van der Waals surface area (Å²) in [7, 11) is 0. The summed E-state index contributed by atoms with van der Waals surface area (Å²) in [6.07, 6.45) is 9.91. The fourth-order valence-corrected chi connectivity index (χ4v) is 3.98. The molecule has 0 amide bonds. The van der Waals surface area contributed by atoms with Gasteiger partial charge in [0.25, 0.3) is 0 Å². The minimum atomic E-state index is 0.349. The van der Waals surface area contributed by atoms with Gasteiger partial charge in [0.2, 0.25) is 0 Å². The molecule has 1 unspecified atom stereocenters. The van der Waals surface area contributed by atoms with E-state index >= 15 is 0 Å². The van der Waals surface area contributed by atoms with Crippen molar-refractivity contribution in [2.24, 2.45) is 23.1 Å². The average molecular weight is 354 g/mol. The molecule has 1 aliphatic rings. The van der Waals surface area contributed by atoms with Crippen LogP contribution in [0.2, 0.25) is 0 Å². The number of hydrogen-bond acceptors (Lipinski definition) is 3. The van der Waals surface area contributed by atoms with E-state index in [1.165, 1.54) is 31.2 Å². The molecule has 0 aliphatic heterocycles. The lowest BCUT2D eigenvalue weighted by Gasteiger charge is -2.39. The van der Waals surface area contributed by atoms with Gasteiger partial charge in [-0.2, -0.15) is 0 Å². The van der Waals surface area contributed by atoms with Crippen molar-refractivity contribution >= 4 is 15.9 Å². The van der Waals surface area contributed by atoms with E-state index < -0.39 is 0 Å². The number of nitrogens with two attached hydrogens (primary N) is 1. The maximum absolute atomic E-state index is 5.83. The molecule has 0 spiro atoms. The third-order valence-corrected chi connectivity index (χ3v) is 5.43. The van der Waals surface area contributed by atoms with Crippen LogP contribution in [0.25, 0.3) is 0 Å². The summed E-state index contributed by atoms with van der Waals surface area (Å²) < 4.78 is 1.03. The molecule has 1 fully saturated rings. The summed E-state index contributed by atoms with van der Waals surface area (Å²) in [4.78, 5) is 4.25. The van der Waals surface area contributed by atoms with Crippen LogP contribution in [-0.2, 0) is 6.42 Å². The highest BCUT2D eigenvalue weighted by atomic mass is 79.9. The Kier molecular flexibility index (Phi) is 5.81. The van der Waals surface area contributed by atoms with E-state index in [0.717, 1.165) is 16.8 Å². The van der Waals surface area contributed by atoms with E-state index in [0.29, 0.717) is 17.4 Å². The highest BCUT2D eigenvalue weighted by Gasteiger charge is 2.32. The van der Waals surface area contributed by atoms with Crippen molar-refractivity contribution < 1.29 is 0 Å². The summed E-state index contributed by atoms with van der Waals surface area (Å²) in [5.74, 6) is 7.35. The first-order valence-corrected chi connectivity index (χ1v) is 8.75. The van der Waals surface area contributed by atoms with Gasteiger partial charge in [-0.05, 0) is 76.9 Å². The van der Waals surface area contributed by atoms with E-state index in [9.17, 15) is 0 Å². The smallest absolute Gasteiger partial charge is 0.0410 e. The van der Waals surface area contributed by atoms with Crippen molar-refractivity contribution in [1.29, 1.82) is 0 Å². The normalized spacial score (nSPS) is 24.8. The van der Waals surface area contributed by atoms with E-state index in [4.69, 9.17) is 5.84 Å². The summed E-state index contributed by atoms with van der Waals surface area (Å²) in [6, 6.07) is 2.49. The molecule has 1 atom stereocenters. The third-order valence-electron chi connectivity index (χ3n) is 5.00. The Morgan fingerprint density at radius 2 is 1.95 bits per heavy atom. The molecule has 3 nitrogen and oxygen atoms in total. The molecule has 0 saturated heterocycles. The van der Waals surface area contributed by atoms with Crippen LogP contribution in [0.3, 0.4) is 0 Å². The zero-order valence-electron chi connectivity index (χ0n) is 13.4. The number of aromatic nitrogens is 1. The number of hydrazine groups is 1. The Balaban J connectivity index is 1.94. The highest BCUT2D eigenvalue weighted by Crippen LogP contribution is 2.40. The maximum atomic E-state index is 5.83. The number of halogens is 1. The summed E-state index contributed by atoms with van der Waals surface area (Å²) in [5.41, 5.74) is 4.73. The van der Waals surface area contributed by atoms with Crippen LogP contribution in [0.15, 0.2) is 22.9 Å². The van der Waals surface area contributed by atoms with Gasteiger partial charge in [-0.25, -0.2) is 0 Å². The van der Waals surface area contributed by atoms with E-state index in [-0.39, 0.29) is 0 Å². The molecule has 1 aromatic rings. The molecule has 1 saturated carbocycles. The minimum absolute atomic E-state index is 0.349. The zero-order valence-corrected chi connectivity index (χ0v) is 15.0. The second-order valence-corrected chi connectivity index (χ2v) is 8.38. The van der Waals surface area contributed by atoms with Crippen molar-refractivity contribution in [2.45, 2.75) is 58.9 Å². The van der Waals surface area contributed by atoms with Gasteiger partial charge < -0.3 is 0 Å². The first-order valence-electron chi connectivity index (χ1n) is 7.95. The monoisotopic (exact) mass is 353 g/mol. The lowest BCUT2D eigenvalue weighted by atomic mass is 9.68. The van der Waals surface area contributed by atoms with Crippen LogP contribution in [0, 0.1) is 17.3 Å². The SMILES string of the molecule is CC(C)(C)C1CCC(C(Cc2cncc(Br)c2)NN)CC1.